The third kappa shape index (κ3) is 5.25. The van der Waals surface area contributed by atoms with Gasteiger partial charge in [0.15, 0.2) is 0 Å². The van der Waals surface area contributed by atoms with Gasteiger partial charge < -0.3 is 9.64 Å². The second-order valence-electron chi connectivity index (χ2n) is 8.72. The predicted octanol–water partition coefficient (Wildman–Crippen LogP) is 4.75. The van der Waals surface area contributed by atoms with E-state index in [1.165, 1.54) is 11.1 Å². The van der Waals surface area contributed by atoms with E-state index >= 15 is 0 Å². The molecular formula is C28H29NO3. The molecule has 0 fully saturated rings. The van der Waals surface area contributed by atoms with Crippen LogP contribution in [-0.2, 0) is 40.1 Å². The molecule has 1 amide bonds. The fourth-order valence-corrected chi connectivity index (χ4v) is 4.43. The quantitative estimate of drug-likeness (QED) is 0.511. The molecule has 1 unspecified atom stereocenters. The average Bonchev–Trinajstić information content (AvgIpc) is 2.79. The van der Waals surface area contributed by atoms with E-state index in [4.69, 9.17) is 4.74 Å². The Morgan fingerprint density at radius 2 is 1.38 bits per heavy atom. The van der Waals surface area contributed by atoms with Crippen molar-refractivity contribution >= 4 is 11.9 Å². The smallest absolute Gasteiger partial charge is 0.310 e. The molecule has 4 heteroatoms. The number of hydrogen-bond acceptors (Lipinski definition) is 3. The van der Waals surface area contributed by atoms with Crippen LogP contribution in [0.4, 0.5) is 0 Å². The van der Waals surface area contributed by atoms with Gasteiger partial charge in [0.05, 0.1) is 19.4 Å². The Bertz CT molecular complexity index is 1060. The molecule has 4 nitrogen and oxygen atoms in total. The molecule has 1 aliphatic heterocycles. The molecule has 4 rings (SSSR count). The van der Waals surface area contributed by atoms with E-state index in [0.29, 0.717) is 26.0 Å². The molecule has 0 saturated carbocycles. The number of carbonyl (C=O) groups excluding carboxylic acids is 2. The van der Waals surface area contributed by atoms with Gasteiger partial charge in [-0.25, -0.2) is 0 Å². The highest BCUT2D eigenvalue weighted by atomic mass is 16.5. The van der Waals surface area contributed by atoms with Crippen molar-refractivity contribution in [3.63, 3.8) is 0 Å². The number of ether oxygens (including phenoxy) is 1. The normalized spacial score (nSPS) is 17.5. The van der Waals surface area contributed by atoms with Crippen LogP contribution in [0.25, 0.3) is 0 Å². The molecule has 0 aromatic heterocycles. The highest BCUT2D eigenvalue weighted by Crippen LogP contribution is 2.34. The third-order valence-electron chi connectivity index (χ3n) is 6.26. The molecule has 1 heterocycles. The summed E-state index contributed by atoms with van der Waals surface area (Å²) in [6, 6.07) is 27.7. The van der Waals surface area contributed by atoms with Gasteiger partial charge in [-0.05, 0) is 35.6 Å². The van der Waals surface area contributed by atoms with Crippen LogP contribution in [0.3, 0.4) is 0 Å². The van der Waals surface area contributed by atoms with Gasteiger partial charge in [0.25, 0.3) is 0 Å². The molecule has 1 aliphatic rings. The number of benzene rings is 3. The fraction of sp³-hybridized carbons (Fsp3) is 0.286. The largest absolute Gasteiger partial charge is 0.465 e. The molecule has 3 aromatic rings. The van der Waals surface area contributed by atoms with Crippen molar-refractivity contribution in [1.82, 2.24) is 4.90 Å². The molecule has 0 bridgehead atoms. The second-order valence-corrected chi connectivity index (χ2v) is 8.72. The highest BCUT2D eigenvalue weighted by Gasteiger charge is 2.39. The summed E-state index contributed by atoms with van der Waals surface area (Å²) in [5.41, 5.74) is 3.98. The van der Waals surface area contributed by atoms with Crippen molar-refractivity contribution in [2.24, 2.45) is 0 Å². The number of amides is 1. The van der Waals surface area contributed by atoms with Gasteiger partial charge >= 0.3 is 5.97 Å². The van der Waals surface area contributed by atoms with Gasteiger partial charge in [-0.1, -0.05) is 84.9 Å². The lowest BCUT2D eigenvalue weighted by Gasteiger charge is -2.46. The van der Waals surface area contributed by atoms with Gasteiger partial charge in [0.2, 0.25) is 5.91 Å². The Balaban J connectivity index is 1.45. The minimum absolute atomic E-state index is 0.101. The molecule has 0 N–H and O–H groups in total. The summed E-state index contributed by atoms with van der Waals surface area (Å²) in [7, 11) is 0. The molecule has 164 valence electrons. The van der Waals surface area contributed by atoms with Crippen molar-refractivity contribution in [3.05, 3.63) is 107 Å². The number of rotatable bonds is 7. The molecule has 0 saturated heterocycles. The third-order valence-corrected chi connectivity index (χ3v) is 6.26. The SMILES string of the molecule is CC1(CCOC(=O)Cc2ccccc2)Cc2ccccc2CN1C(=O)Cc1ccccc1. The maximum atomic E-state index is 13.3. The zero-order valence-electron chi connectivity index (χ0n) is 18.5. The van der Waals surface area contributed by atoms with Crippen molar-refractivity contribution in [1.29, 1.82) is 0 Å². The average molecular weight is 428 g/mol. The lowest BCUT2D eigenvalue weighted by molar-refractivity contribution is -0.145. The Kier molecular flexibility index (Phi) is 6.69. The van der Waals surface area contributed by atoms with Crippen LogP contribution in [0, 0.1) is 0 Å². The van der Waals surface area contributed by atoms with Gasteiger partial charge in [-0.3, -0.25) is 9.59 Å². The second kappa shape index (κ2) is 9.82. The molecule has 1 atom stereocenters. The minimum atomic E-state index is -0.409. The standard InChI is InChI=1S/C28H29NO3/c1-28(16-17-32-27(31)19-23-12-6-3-7-13-23)20-24-14-8-9-15-25(24)21-29(28)26(30)18-22-10-4-2-5-11-22/h2-15H,16-21H2,1H3. The topological polar surface area (TPSA) is 46.6 Å². The van der Waals surface area contributed by atoms with Gasteiger partial charge in [0.1, 0.15) is 0 Å². The Morgan fingerprint density at radius 1 is 0.812 bits per heavy atom. The highest BCUT2D eigenvalue weighted by molar-refractivity contribution is 5.80. The summed E-state index contributed by atoms with van der Waals surface area (Å²) in [5, 5.41) is 0. The number of fused-ring (bicyclic) bond motifs is 1. The maximum absolute atomic E-state index is 13.3. The molecule has 0 radical (unpaired) electrons. The summed E-state index contributed by atoms with van der Waals surface area (Å²) < 4.78 is 5.57. The maximum Gasteiger partial charge on any atom is 0.310 e. The van der Waals surface area contributed by atoms with E-state index in [1.54, 1.807) is 0 Å². The van der Waals surface area contributed by atoms with Crippen LogP contribution in [-0.4, -0.2) is 28.9 Å². The van der Waals surface area contributed by atoms with E-state index < -0.39 is 5.54 Å². The Hall–Kier alpha value is -3.40. The summed E-state index contributed by atoms with van der Waals surface area (Å²) in [5.74, 6) is -0.137. The summed E-state index contributed by atoms with van der Waals surface area (Å²) in [6.45, 7) is 2.98. The monoisotopic (exact) mass is 427 g/mol. The van der Waals surface area contributed by atoms with Gasteiger partial charge in [-0.2, -0.15) is 0 Å². The predicted molar refractivity (Wildman–Crippen MR) is 125 cm³/mol. The fourth-order valence-electron chi connectivity index (χ4n) is 4.43. The first-order valence-corrected chi connectivity index (χ1v) is 11.1. The number of nitrogens with zero attached hydrogens (tertiary/aromatic N) is 1. The molecular weight excluding hydrogens is 398 g/mol. The van der Waals surface area contributed by atoms with Gasteiger partial charge in [0, 0.05) is 18.5 Å². The van der Waals surface area contributed by atoms with E-state index in [0.717, 1.165) is 17.5 Å². The van der Waals surface area contributed by atoms with Crippen LogP contribution in [0.2, 0.25) is 0 Å². The van der Waals surface area contributed by atoms with E-state index in [-0.39, 0.29) is 18.3 Å². The van der Waals surface area contributed by atoms with Gasteiger partial charge in [-0.15, -0.1) is 0 Å². The van der Waals surface area contributed by atoms with Crippen LogP contribution >= 0.6 is 0 Å². The van der Waals surface area contributed by atoms with Crippen molar-refractivity contribution in [2.75, 3.05) is 6.61 Å². The van der Waals surface area contributed by atoms with Crippen LogP contribution in [0.1, 0.15) is 35.6 Å². The number of esters is 1. The number of hydrogen-bond donors (Lipinski definition) is 0. The van der Waals surface area contributed by atoms with Crippen molar-refractivity contribution in [2.45, 2.75) is 44.7 Å². The van der Waals surface area contributed by atoms with E-state index in [2.05, 4.69) is 19.1 Å². The van der Waals surface area contributed by atoms with Crippen LogP contribution < -0.4 is 0 Å². The summed E-state index contributed by atoms with van der Waals surface area (Å²) in [4.78, 5) is 27.6. The van der Waals surface area contributed by atoms with Crippen LogP contribution in [0.15, 0.2) is 84.9 Å². The lowest BCUT2D eigenvalue weighted by atomic mass is 9.81. The molecule has 0 spiro atoms. The molecule has 32 heavy (non-hydrogen) atoms. The first kappa shape index (κ1) is 21.8. The zero-order chi connectivity index (χ0) is 22.4. The van der Waals surface area contributed by atoms with Crippen molar-refractivity contribution < 1.29 is 14.3 Å². The van der Waals surface area contributed by atoms with Crippen molar-refractivity contribution in [3.8, 4) is 0 Å². The lowest BCUT2D eigenvalue weighted by Crippen LogP contribution is -2.54. The Labute approximate surface area is 189 Å². The molecule has 3 aromatic carbocycles. The zero-order valence-corrected chi connectivity index (χ0v) is 18.5. The first-order valence-electron chi connectivity index (χ1n) is 11.1. The molecule has 0 aliphatic carbocycles. The first-order chi connectivity index (χ1) is 15.5. The summed E-state index contributed by atoms with van der Waals surface area (Å²) >= 11 is 0. The summed E-state index contributed by atoms with van der Waals surface area (Å²) in [6.07, 6.45) is 1.98. The minimum Gasteiger partial charge on any atom is -0.465 e. The van der Waals surface area contributed by atoms with E-state index in [1.807, 2.05) is 77.7 Å². The Morgan fingerprint density at radius 3 is 2.03 bits per heavy atom. The van der Waals surface area contributed by atoms with Crippen LogP contribution in [0.5, 0.6) is 0 Å². The number of carbonyl (C=O) groups is 2. The van der Waals surface area contributed by atoms with E-state index in [9.17, 15) is 9.59 Å².